The molecule has 4 N–H and O–H groups in total. The molecule has 0 bridgehead atoms. The van der Waals surface area contributed by atoms with Crippen molar-refractivity contribution in [1.29, 1.82) is 0 Å². The molecule has 0 aromatic heterocycles. The Balaban J connectivity index is 0.00000400. The van der Waals surface area contributed by atoms with Crippen LogP contribution in [0, 0.1) is 11.3 Å². The predicted molar refractivity (Wildman–Crippen MR) is 87.3 cm³/mol. The van der Waals surface area contributed by atoms with Crippen LogP contribution in [-0.4, -0.2) is 30.9 Å². The van der Waals surface area contributed by atoms with E-state index in [2.05, 4.69) is 17.6 Å². The van der Waals surface area contributed by atoms with Gasteiger partial charge in [-0.15, -0.1) is 12.4 Å². The molecule has 1 rings (SSSR count). The fourth-order valence-corrected chi connectivity index (χ4v) is 2.72. The zero-order valence-corrected chi connectivity index (χ0v) is 14.2. The summed E-state index contributed by atoms with van der Waals surface area (Å²) in [6.07, 6.45) is 5.98. The Morgan fingerprint density at radius 3 is 2.24 bits per heavy atom. The molecule has 0 saturated heterocycles. The van der Waals surface area contributed by atoms with Crippen LogP contribution >= 0.6 is 12.4 Å². The lowest BCUT2D eigenvalue weighted by molar-refractivity contribution is -0.127. The van der Waals surface area contributed by atoms with E-state index in [1.807, 2.05) is 13.8 Å². The van der Waals surface area contributed by atoms with Crippen LogP contribution in [0.1, 0.15) is 52.9 Å². The van der Waals surface area contributed by atoms with Crippen LogP contribution in [0.5, 0.6) is 0 Å². The molecule has 1 atom stereocenters. The van der Waals surface area contributed by atoms with E-state index < -0.39 is 6.04 Å². The number of carbonyl (C=O) groups excluding carboxylic acids is 2. The third kappa shape index (κ3) is 6.22. The van der Waals surface area contributed by atoms with Crippen molar-refractivity contribution in [3.05, 3.63) is 0 Å². The Morgan fingerprint density at radius 1 is 1.19 bits per heavy atom. The first-order valence-electron chi connectivity index (χ1n) is 7.70. The third-order valence-corrected chi connectivity index (χ3v) is 4.52. The van der Waals surface area contributed by atoms with Crippen LogP contribution in [0.25, 0.3) is 0 Å². The molecule has 2 amide bonds. The lowest BCUT2D eigenvalue weighted by atomic mass is 9.83. The normalized spacial score (nSPS) is 18.0. The minimum absolute atomic E-state index is 0. The van der Waals surface area contributed by atoms with Crippen molar-refractivity contribution in [2.24, 2.45) is 17.1 Å². The van der Waals surface area contributed by atoms with Gasteiger partial charge in [0.15, 0.2) is 0 Å². The van der Waals surface area contributed by atoms with E-state index in [1.54, 1.807) is 0 Å². The highest BCUT2D eigenvalue weighted by atomic mass is 35.5. The molecule has 0 radical (unpaired) electrons. The van der Waals surface area contributed by atoms with Gasteiger partial charge in [-0.05, 0) is 30.6 Å². The highest BCUT2D eigenvalue weighted by Gasteiger charge is 2.32. The Hall–Kier alpha value is -0.810. The minimum atomic E-state index is -0.556. The third-order valence-electron chi connectivity index (χ3n) is 4.52. The summed E-state index contributed by atoms with van der Waals surface area (Å²) < 4.78 is 0. The molecule has 124 valence electrons. The van der Waals surface area contributed by atoms with E-state index in [-0.39, 0.29) is 42.1 Å². The molecule has 0 spiro atoms. The Bertz CT molecular complexity index is 342. The van der Waals surface area contributed by atoms with Crippen molar-refractivity contribution in [1.82, 2.24) is 10.6 Å². The molecule has 21 heavy (non-hydrogen) atoms. The van der Waals surface area contributed by atoms with Crippen LogP contribution < -0.4 is 16.4 Å². The first-order valence-corrected chi connectivity index (χ1v) is 7.70. The number of carbonyl (C=O) groups is 2. The summed E-state index contributed by atoms with van der Waals surface area (Å²) in [5.41, 5.74) is 5.99. The van der Waals surface area contributed by atoms with Gasteiger partial charge >= 0.3 is 0 Å². The number of halogens is 1. The van der Waals surface area contributed by atoms with Gasteiger partial charge in [-0.1, -0.05) is 33.6 Å². The maximum atomic E-state index is 11.8. The SMILES string of the molecule is CCC1(CNC(=O)CNC(=O)[C@@H](N)C(C)C)CCCC1.Cl. The maximum absolute atomic E-state index is 11.8. The molecule has 6 heteroatoms. The van der Waals surface area contributed by atoms with Crippen LogP contribution in [0.3, 0.4) is 0 Å². The summed E-state index contributed by atoms with van der Waals surface area (Å²) in [5.74, 6) is -0.324. The van der Waals surface area contributed by atoms with Gasteiger partial charge in [0.2, 0.25) is 11.8 Å². The summed E-state index contributed by atoms with van der Waals surface area (Å²) in [6.45, 7) is 6.68. The second-order valence-corrected chi connectivity index (χ2v) is 6.32. The molecule has 5 nitrogen and oxygen atoms in total. The lowest BCUT2D eigenvalue weighted by Crippen LogP contribution is -2.48. The molecular weight excluding hydrogens is 290 g/mol. The quantitative estimate of drug-likeness (QED) is 0.666. The van der Waals surface area contributed by atoms with Crippen LogP contribution in [0.15, 0.2) is 0 Å². The van der Waals surface area contributed by atoms with Crippen molar-refractivity contribution in [2.75, 3.05) is 13.1 Å². The van der Waals surface area contributed by atoms with E-state index in [4.69, 9.17) is 5.73 Å². The molecule has 0 unspecified atom stereocenters. The average Bonchev–Trinajstić information content (AvgIpc) is 2.91. The van der Waals surface area contributed by atoms with Crippen molar-refractivity contribution >= 4 is 24.2 Å². The second kappa shape index (κ2) is 9.26. The van der Waals surface area contributed by atoms with Gasteiger partial charge < -0.3 is 16.4 Å². The molecule has 0 aliphatic heterocycles. The van der Waals surface area contributed by atoms with Gasteiger partial charge in [-0.2, -0.15) is 0 Å². The fourth-order valence-electron chi connectivity index (χ4n) is 2.72. The number of hydrogen-bond acceptors (Lipinski definition) is 3. The number of rotatable bonds is 7. The molecule has 0 aromatic rings. The molecule has 0 aromatic carbocycles. The van der Waals surface area contributed by atoms with Crippen molar-refractivity contribution in [2.45, 2.75) is 58.9 Å². The summed E-state index contributed by atoms with van der Waals surface area (Å²) >= 11 is 0. The summed E-state index contributed by atoms with van der Waals surface area (Å²) in [6, 6.07) is -0.556. The van der Waals surface area contributed by atoms with Gasteiger partial charge in [-0.25, -0.2) is 0 Å². The Morgan fingerprint density at radius 2 is 1.76 bits per heavy atom. The topological polar surface area (TPSA) is 84.2 Å². The van der Waals surface area contributed by atoms with Crippen molar-refractivity contribution < 1.29 is 9.59 Å². The van der Waals surface area contributed by atoms with Crippen LogP contribution in [0.4, 0.5) is 0 Å². The van der Waals surface area contributed by atoms with E-state index in [9.17, 15) is 9.59 Å². The largest absolute Gasteiger partial charge is 0.354 e. The standard InChI is InChI=1S/C15H29N3O2.ClH/c1-4-15(7-5-6-8-15)10-18-12(19)9-17-14(20)13(16)11(2)3;/h11,13H,4-10,16H2,1-3H3,(H,17,20)(H,18,19);1H/t13-;/m0./s1. The van der Waals surface area contributed by atoms with Crippen molar-refractivity contribution in [3.8, 4) is 0 Å². The summed E-state index contributed by atoms with van der Waals surface area (Å²) in [4.78, 5) is 23.4. The van der Waals surface area contributed by atoms with Gasteiger partial charge in [-0.3, -0.25) is 9.59 Å². The molecule has 1 aliphatic carbocycles. The Kier molecular flexibility index (Phi) is 8.90. The molecular formula is C15H30ClN3O2. The van der Waals surface area contributed by atoms with Gasteiger partial charge in [0.05, 0.1) is 12.6 Å². The molecule has 0 heterocycles. The molecule has 1 aliphatic rings. The fraction of sp³-hybridized carbons (Fsp3) is 0.867. The van der Waals surface area contributed by atoms with Crippen LogP contribution in [0.2, 0.25) is 0 Å². The van der Waals surface area contributed by atoms with Crippen LogP contribution in [-0.2, 0) is 9.59 Å². The number of amides is 2. The highest BCUT2D eigenvalue weighted by molar-refractivity contribution is 5.87. The number of nitrogens with two attached hydrogens (primary N) is 1. The molecule has 1 fully saturated rings. The highest BCUT2D eigenvalue weighted by Crippen LogP contribution is 2.40. The first kappa shape index (κ1) is 20.2. The average molecular weight is 320 g/mol. The van der Waals surface area contributed by atoms with Gasteiger partial charge in [0.25, 0.3) is 0 Å². The zero-order valence-electron chi connectivity index (χ0n) is 13.4. The lowest BCUT2D eigenvalue weighted by Gasteiger charge is -2.27. The second-order valence-electron chi connectivity index (χ2n) is 6.32. The number of hydrogen-bond donors (Lipinski definition) is 3. The minimum Gasteiger partial charge on any atom is -0.354 e. The summed E-state index contributed by atoms with van der Waals surface area (Å²) in [5, 5.41) is 5.54. The van der Waals surface area contributed by atoms with Gasteiger partial charge in [0.1, 0.15) is 0 Å². The smallest absolute Gasteiger partial charge is 0.239 e. The summed E-state index contributed by atoms with van der Waals surface area (Å²) in [7, 11) is 0. The Labute approximate surface area is 134 Å². The van der Waals surface area contributed by atoms with E-state index in [0.29, 0.717) is 6.54 Å². The van der Waals surface area contributed by atoms with E-state index in [0.717, 1.165) is 6.42 Å². The number of nitrogens with one attached hydrogen (secondary N) is 2. The monoisotopic (exact) mass is 319 g/mol. The first-order chi connectivity index (χ1) is 9.40. The van der Waals surface area contributed by atoms with Gasteiger partial charge in [0, 0.05) is 6.54 Å². The van der Waals surface area contributed by atoms with E-state index >= 15 is 0 Å². The maximum Gasteiger partial charge on any atom is 0.239 e. The van der Waals surface area contributed by atoms with E-state index in [1.165, 1.54) is 25.7 Å². The molecule has 1 saturated carbocycles. The van der Waals surface area contributed by atoms with Crippen molar-refractivity contribution in [3.63, 3.8) is 0 Å². The predicted octanol–water partition coefficient (Wildman–Crippen LogP) is 1.59. The zero-order chi connectivity index (χ0) is 15.2.